The number of primary amides is 1. The number of aromatic nitrogens is 2. The lowest BCUT2D eigenvalue weighted by molar-refractivity contribution is -0.121. The third kappa shape index (κ3) is 2.55. The van der Waals surface area contributed by atoms with Crippen LogP contribution < -0.4 is 10.6 Å². The molecule has 2 heterocycles. The predicted molar refractivity (Wildman–Crippen MR) is 65.1 cm³/mol. The lowest BCUT2D eigenvalue weighted by Gasteiger charge is -2.32. The third-order valence-electron chi connectivity index (χ3n) is 2.65. The van der Waals surface area contributed by atoms with E-state index in [4.69, 9.17) is 10.5 Å². The van der Waals surface area contributed by atoms with Gasteiger partial charge in [0.15, 0.2) is 0 Å². The smallest absolute Gasteiger partial charge is 0.242 e. The number of nitrogens with two attached hydrogens (primary N) is 1. The molecule has 0 spiro atoms. The molecule has 2 rings (SSSR count). The minimum absolute atomic E-state index is 0.285. The van der Waals surface area contributed by atoms with Gasteiger partial charge in [0.25, 0.3) is 0 Å². The van der Waals surface area contributed by atoms with Crippen LogP contribution in [0.5, 0.6) is 0 Å². The van der Waals surface area contributed by atoms with Crippen LogP contribution in [0.3, 0.4) is 0 Å². The van der Waals surface area contributed by atoms with Crippen molar-refractivity contribution in [1.82, 2.24) is 9.36 Å². The Bertz CT molecular complexity index is 407. The highest BCUT2D eigenvalue weighted by Gasteiger charge is 2.30. The van der Waals surface area contributed by atoms with E-state index in [1.807, 2.05) is 18.7 Å². The van der Waals surface area contributed by atoms with E-state index in [-0.39, 0.29) is 11.8 Å². The number of ether oxygens (including phenoxy) is 1. The maximum absolute atomic E-state index is 11.3. The standard InChI is InChI=1S/C10H16N4O2S/c1-6(2)9-12-10(17-13-9)14-3-4-16-5-7(14)8(11)15/h6-7H,3-5H2,1-2H3,(H2,11,15). The van der Waals surface area contributed by atoms with Crippen LogP contribution in [0.4, 0.5) is 5.13 Å². The fourth-order valence-electron chi connectivity index (χ4n) is 1.65. The van der Waals surface area contributed by atoms with Crippen molar-refractivity contribution in [2.75, 3.05) is 24.7 Å². The first kappa shape index (κ1) is 12.3. The normalized spacial score (nSPS) is 20.9. The van der Waals surface area contributed by atoms with Gasteiger partial charge in [0.05, 0.1) is 13.2 Å². The van der Waals surface area contributed by atoms with Crippen molar-refractivity contribution in [2.45, 2.75) is 25.8 Å². The Balaban J connectivity index is 2.20. The topological polar surface area (TPSA) is 81.3 Å². The molecule has 1 atom stereocenters. The molecule has 2 N–H and O–H groups in total. The van der Waals surface area contributed by atoms with E-state index in [2.05, 4.69) is 9.36 Å². The van der Waals surface area contributed by atoms with E-state index in [0.717, 1.165) is 11.0 Å². The first-order valence-corrected chi connectivity index (χ1v) is 6.34. The molecule has 0 radical (unpaired) electrons. The fraction of sp³-hybridized carbons (Fsp3) is 0.700. The Hall–Kier alpha value is -1.21. The van der Waals surface area contributed by atoms with Crippen LogP contribution in [-0.4, -0.2) is 41.1 Å². The Morgan fingerprint density at radius 3 is 3.00 bits per heavy atom. The first-order valence-electron chi connectivity index (χ1n) is 5.57. The summed E-state index contributed by atoms with van der Waals surface area (Å²) in [5.74, 6) is 0.707. The highest BCUT2D eigenvalue weighted by atomic mass is 32.1. The summed E-state index contributed by atoms with van der Waals surface area (Å²) < 4.78 is 9.54. The van der Waals surface area contributed by atoms with Crippen molar-refractivity contribution in [2.24, 2.45) is 5.73 Å². The molecule has 1 aromatic rings. The minimum Gasteiger partial charge on any atom is -0.377 e. The molecule has 0 bridgehead atoms. The van der Waals surface area contributed by atoms with Crippen LogP contribution in [0.15, 0.2) is 0 Å². The van der Waals surface area contributed by atoms with Crippen LogP contribution in [0, 0.1) is 0 Å². The van der Waals surface area contributed by atoms with E-state index < -0.39 is 6.04 Å². The minimum atomic E-state index is -0.434. The second-order valence-corrected chi connectivity index (χ2v) is 5.01. The Morgan fingerprint density at radius 1 is 1.65 bits per heavy atom. The van der Waals surface area contributed by atoms with Crippen LogP contribution in [0.25, 0.3) is 0 Å². The van der Waals surface area contributed by atoms with Gasteiger partial charge < -0.3 is 15.4 Å². The molecule has 1 amide bonds. The molecule has 1 aliphatic rings. The monoisotopic (exact) mass is 256 g/mol. The molecular formula is C10H16N4O2S. The van der Waals surface area contributed by atoms with Crippen LogP contribution in [0.1, 0.15) is 25.6 Å². The van der Waals surface area contributed by atoms with Crippen molar-refractivity contribution < 1.29 is 9.53 Å². The number of anilines is 1. The highest BCUT2D eigenvalue weighted by Crippen LogP contribution is 2.24. The number of nitrogens with zero attached hydrogens (tertiary/aromatic N) is 3. The molecule has 1 saturated heterocycles. The van der Waals surface area contributed by atoms with Crippen LogP contribution in [0.2, 0.25) is 0 Å². The third-order valence-corrected chi connectivity index (χ3v) is 3.42. The lowest BCUT2D eigenvalue weighted by atomic mass is 10.2. The summed E-state index contributed by atoms with van der Waals surface area (Å²) in [4.78, 5) is 17.7. The average molecular weight is 256 g/mol. The van der Waals surface area contributed by atoms with Gasteiger partial charge in [0.1, 0.15) is 11.9 Å². The summed E-state index contributed by atoms with van der Waals surface area (Å²) in [5, 5.41) is 0.751. The number of amides is 1. The Labute approximate surface area is 104 Å². The van der Waals surface area contributed by atoms with Gasteiger partial charge in [-0.05, 0) is 0 Å². The highest BCUT2D eigenvalue weighted by molar-refractivity contribution is 7.09. The van der Waals surface area contributed by atoms with Gasteiger partial charge in [0, 0.05) is 24.0 Å². The molecule has 0 saturated carbocycles. The summed E-state index contributed by atoms with van der Waals surface area (Å²) in [6.07, 6.45) is 0. The number of carbonyl (C=O) groups excluding carboxylic acids is 1. The molecule has 0 aromatic carbocycles. The molecule has 1 aliphatic heterocycles. The summed E-state index contributed by atoms with van der Waals surface area (Å²) in [7, 11) is 0. The number of hydrogen-bond acceptors (Lipinski definition) is 6. The van der Waals surface area contributed by atoms with Crippen LogP contribution >= 0.6 is 11.5 Å². The van der Waals surface area contributed by atoms with Gasteiger partial charge in [-0.1, -0.05) is 13.8 Å². The molecule has 1 aromatic heterocycles. The second kappa shape index (κ2) is 4.97. The van der Waals surface area contributed by atoms with E-state index in [9.17, 15) is 4.79 Å². The van der Waals surface area contributed by atoms with Crippen molar-refractivity contribution in [3.05, 3.63) is 5.82 Å². The largest absolute Gasteiger partial charge is 0.377 e. The molecule has 7 heteroatoms. The second-order valence-electron chi connectivity index (χ2n) is 4.28. The van der Waals surface area contributed by atoms with Crippen LogP contribution in [-0.2, 0) is 9.53 Å². The Kier molecular flexibility index (Phi) is 3.58. The summed E-state index contributed by atoms with van der Waals surface area (Å²) in [5.41, 5.74) is 5.36. The number of rotatable bonds is 3. The van der Waals surface area contributed by atoms with Gasteiger partial charge in [-0.25, -0.2) is 4.98 Å². The zero-order valence-electron chi connectivity index (χ0n) is 9.92. The van der Waals surface area contributed by atoms with Crippen molar-refractivity contribution in [1.29, 1.82) is 0 Å². The van der Waals surface area contributed by atoms with Crippen molar-refractivity contribution in [3.8, 4) is 0 Å². The molecule has 6 nitrogen and oxygen atoms in total. The van der Waals surface area contributed by atoms with E-state index in [0.29, 0.717) is 19.8 Å². The predicted octanol–water partition coefficient (Wildman–Crippen LogP) is 0.352. The maximum atomic E-state index is 11.3. The quantitative estimate of drug-likeness (QED) is 0.844. The SMILES string of the molecule is CC(C)c1nsc(N2CCOCC2C(N)=O)n1. The molecule has 94 valence electrons. The average Bonchev–Trinajstić information content (AvgIpc) is 2.78. The molecule has 1 unspecified atom stereocenters. The molecule has 1 fully saturated rings. The fourth-order valence-corrected chi connectivity index (χ4v) is 2.53. The summed E-state index contributed by atoms with van der Waals surface area (Å²) in [6.45, 7) is 5.61. The Morgan fingerprint density at radius 2 is 2.41 bits per heavy atom. The number of morpholine rings is 1. The lowest BCUT2D eigenvalue weighted by Crippen LogP contribution is -2.52. The van der Waals surface area contributed by atoms with E-state index >= 15 is 0 Å². The van der Waals surface area contributed by atoms with Crippen molar-refractivity contribution in [3.63, 3.8) is 0 Å². The first-order chi connectivity index (χ1) is 8.09. The van der Waals surface area contributed by atoms with E-state index in [1.54, 1.807) is 0 Å². The molecule has 0 aliphatic carbocycles. The van der Waals surface area contributed by atoms with Gasteiger partial charge in [-0.3, -0.25) is 4.79 Å². The van der Waals surface area contributed by atoms with E-state index in [1.165, 1.54) is 11.5 Å². The zero-order valence-corrected chi connectivity index (χ0v) is 10.7. The van der Waals surface area contributed by atoms with Gasteiger partial charge in [-0.15, -0.1) is 0 Å². The summed E-state index contributed by atoms with van der Waals surface area (Å²) >= 11 is 1.31. The molecular weight excluding hydrogens is 240 g/mol. The summed E-state index contributed by atoms with van der Waals surface area (Å²) in [6, 6.07) is -0.434. The van der Waals surface area contributed by atoms with Crippen molar-refractivity contribution >= 4 is 22.6 Å². The zero-order chi connectivity index (χ0) is 12.4. The number of hydrogen-bond donors (Lipinski definition) is 1. The van der Waals surface area contributed by atoms with Gasteiger partial charge >= 0.3 is 0 Å². The van der Waals surface area contributed by atoms with Gasteiger partial charge in [-0.2, -0.15) is 4.37 Å². The van der Waals surface area contributed by atoms with Gasteiger partial charge in [0.2, 0.25) is 11.0 Å². The molecule has 17 heavy (non-hydrogen) atoms. The number of carbonyl (C=O) groups is 1. The maximum Gasteiger partial charge on any atom is 0.242 e.